The summed E-state index contributed by atoms with van der Waals surface area (Å²) >= 11 is 1.62. The number of nitrogens with zero attached hydrogens (tertiary/aromatic N) is 2. The molecule has 0 aliphatic heterocycles. The lowest BCUT2D eigenvalue weighted by atomic mass is 9.97. The van der Waals surface area contributed by atoms with E-state index < -0.39 is 0 Å². The molecule has 0 fully saturated rings. The van der Waals surface area contributed by atoms with Gasteiger partial charge in [0.1, 0.15) is 5.01 Å². The lowest BCUT2D eigenvalue weighted by Crippen LogP contribution is -2.30. The molecule has 3 nitrogen and oxygen atoms in total. The molecule has 1 aromatic heterocycles. The molecule has 0 amide bonds. The van der Waals surface area contributed by atoms with Gasteiger partial charge in [-0.2, -0.15) is 0 Å². The molecule has 1 N–H and O–H groups in total. The van der Waals surface area contributed by atoms with Crippen molar-refractivity contribution in [3.63, 3.8) is 0 Å². The third-order valence-corrected chi connectivity index (χ3v) is 3.13. The Morgan fingerprint density at radius 3 is 2.53 bits per heavy atom. The zero-order valence-corrected chi connectivity index (χ0v) is 10.9. The predicted molar refractivity (Wildman–Crippen MR) is 66.5 cm³/mol. The summed E-state index contributed by atoms with van der Waals surface area (Å²) in [7, 11) is 0. The first-order valence-corrected chi connectivity index (χ1v) is 6.43. The van der Waals surface area contributed by atoms with E-state index in [-0.39, 0.29) is 5.54 Å². The number of anilines is 1. The van der Waals surface area contributed by atoms with Crippen LogP contribution in [0.4, 0.5) is 5.13 Å². The lowest BCUT2D eigenvalue weighted by Gasteiger charge is -2.25. The Balaban J connectivity index is 2.41. The predicted octanol–water partition coefficient (Wildman–Crippen LogP) is 3.62. The molecule has 0 aliphatic carbocycles. The van der Waals surface area contributed by atoms with Crippen LogP contribution in [0.2, 0.25) is 0 Å². The molecule has 86 valence electrons. The maximum Gasteiger partial charge on any atom is 0.206 e. The van der Waals surface area contributed by atoms with Gasteiger partial charge in [-0.3, -0.25) is 0 Å². The number of aryl methyl sites for hydroxylation is 1. The third kappa shape index (κ3) is 4.60. The van der Waals surface area contributed by atoms with Gasteiger partial charge in [-0.25, -0.2) is 0 Å². The smallest absolute Gasteiger partial charge is 0.206 e. The van der Waals surface area contributed by atoms with Crippen LogP contribution >= 0.6 is 11.3 Å². The van der Waals surface area contributed by atoms with Gasteiger partial charge < -0.3 is 5.32 Å². The molecule has 0 aromatic carbocycles. The van der Waals surface area contributed by atoms with Gasteiger partial charge in [0.25, 0.3) is 0 Å². The Morgan fingerprint density at radius 2 is 2.00 bits per heavy atom. The highest BCUT2D eigenvalue weighted by atomic mass is 32.1. The second-order valence-corrected chi connectivity index (χ2v) is 5.77. The molecule has 15 heavy (non-hydrogen) atoms. The van der Waals surface area contributed by atoms with Crippen molar-refractivity contribution in [2.45, 2.75) is 58.9 Å². The highest BCUT2D eigenvalue weighted by molar-refractivity contribution is 7.15. The minimum Gasteiger partial charge on any atom is -0.355 e. The maximum atomic E-state index is 4.09. The van der Waals surface area contributed by atoms with Gasteiger partial charge >= 0.3 is 0 Å². The summed E-state index contributed by atoms with van der Waals surface area (Å²) in [6.45, 7) is 8.65. The van der Waals surface area contributed by atoms with Crippen molar-refractivity contribution >= 4 is 16.5 Å². The van der Waals surface area contributed by atoms with E-state index in [4.69, 9.17) is 0 Å². The van der Waals surface area contributed by atoms with E-state index >= 15 is 0 Å². The van der Waals surface area contributed by atoms with Gasteiger partial charge in [0, 0.05) is 5.54 Å². The first-order valence-electron chi connectivity index (χ1n) is 5.62. The summed E-state index contributed by atoms with van der Waals surface area (Å²) in [4.78, 5) is 0. The zero-order chi connectivity index (χ0) is 11.3. The van der Waals surface area contributed by atoms with Crippen LogP contribution in [0.3, 0.4) is 0 Å². The topological polar surface area (TPSA) is 37.8 Å². The quantitative estimate of drug-likeness (QED) is 0.754. The van der Waals surface area contributed by atoms with E-state index in [0.29, 0.717) is 0 Å². The Morgan fingerprint density at radius 1 is 1.27 bits per heavy atom. The number of unbranched alkanes of at least 4 members (excludes halogenated alkanes) is 2. The van der Waals surface area contributed by atoms with Crippen LogP contribution in [0.25, 0.3) is 0 Å². The SMILES string of the molecule is CCCCCC(C)(C)Nc1nnc(C)s1. The average molecular weight is 227 g/mol. The molecular weight excluding hydrogens is 206 g/mol. The van der Waals surface area contributed by atoms with Crippen molar-refractivity contribution in [1.82, 2.24) is 10.2 Å². The van der Waals surface area contributed by atoms with E-state index in [1.54, 1.807) is 11.3 Å². The molecule has 1 rings (SSSR count). The molecule has 0 spiro atoms. The Hall–Kier alpha value is -0.640. The van der Waals surface area contributed by atoms with E-state index in [1.165, 1.54) is 25.7 Å². The maximum absolute atomic E-state index is 4.09. The fourth-order valence-corrected chi connectivity index (χ4v) is 2.29. The van der Waals surface area contributed by atoms with Crippen LogP contribution in [0.1, 0.15) is 51.5 Å². The van der Waals surface area contributed by atoms with Gasteiger partial charge in [0.2, 0.25) is 5.13 Å². The number of aromatic nitrogens is 2. The molecule has 4 heteroatoms. The molecule has 0 bridgehead atoms. The number of hydrogen-bond donors (Lipinski definition) is 1. The summed E-state index contributed by atoms with van der Waals surface area (Å²) in [5.74, 6) is 0. The van der Waals surface area contributed by atoms with Crippen LogP contribution < -0.4 is 5.32 Å². The number of hydrogen-bond acceptors (Lipinski definition) is 4. The van der Waals surface area contributed by atoms with Crippen molar-refractivity contribution in [3.8, 4) is 0 Å². The first kappa shape index (κ1) is 12.4. The molecule has 0 atom stereocenters. The molecule has 0 saturated heterocycles. The minimum atomic E-state index is 0.126. The third-order valence-electron chi connectivity index (χ3n) is 2.38. The summed E-state index contributed by atoms with van der Waals surface area (Å²) in [6, 6.07) is 0. The van der Waals surface area contributed by atoms with E-state index in [2.05, 4.69) is 36.3 Å². The molecular formula is C11H21N3S. The largest absolute Gasteiger partial charge is 0.355 e. The molecule has 0 unspecified atom stereocenters. The van der Waals surface area contributed by atoms with Gasteiger partial charge in [-0.15, -0.1) is 10.2 Å². The van der Waals surface area contributed by atoms with Crippen LogP contribution in [-0.2, 0) is 0 Å². The average Bonchev–Trinajstić information content (AvgIpc) is 2.50. The van der Waals surface area contributed by atoms with Crippen molar-refractivity contribution < 1.29 is 0 Å². The van der Waals surface area contributed by atoms with Crippen LogP contribution in [-0.4, -0.2) is 15.7 Å². The van der Waals surface area contributed by atoms with Gasteiger partial charge in [-0.05, 0) is 27.2 Å². The highest BCUT2D eigenvalue weighted by Gasteiger charge is 2.18. The molecule has 1 heterocycles. The number of nitrogens with one attached hydrogen (secondary N) is 1. The Kier molecular flexibility index (Phi) is 4.51. The van der Waals surface area contributed by atoms with E-state index in [0.717, 1.165) is 10.1 Å². The summed E-state index contributed by atoms with van der Waals surface area (Å²) < 4.78 is 0. The van der Waals surface area contributed by atoms with Gasteiger partial charge in [-0.1, -0.05) is 37.5 Å². The molecule has 0 saturated carbocycles. The highest BCUT2D eigenvalue weighted by Crippen LogP contribution is 2.22. The standard InChI is InChI=1S/C11H21N3S/c1-5-6-7-8-11(3,4)12-10-14-13-9(2)15-10/h5-8H2,1-4H3,(H,12,14). The second-order valence-electron chi connectivity index (χ2n) is 4.59. The minimum absolute atomic E-state index is 0.126. The van der Waals surface area contributed by atoms with E-state index in [9.17, 15) is 0 Å². The van der Waals surface area contributed by atoms with Crippen LogP contribution in [0.5, 0.6) is 0 Å². The van der Waals surface area contributed by atoms with Crippen molar-refractivity contribution in [3.05, 3.63) is 5.01 Å². The van der Waals surface area contributed by atoms with Crippen molar-refractivity contribution in [2.75, 3.05) is 5.32 Å². The fourth-order valence-electron chi connectivity index (χ4n) is 1.52. The summed E-state index contributed by atoms with van der Waals surface area (Å²) in [6.07, 6.45) is 5.03. The van der Waals surface area contributed by atoms with Crippen molar-refractivity contribution in [2.24, 2.45) is 0 Å². The molecule has 1 aromatic rings. The fraction of sp³-hybridized carbons (Fsp3) is 0.818. The second kappa shape index (κ2) is 5.45. The van der Waals surface area contributed by atoms with Crippen LogP contribution in [0.15, 0.2) is 0 Å². The van der Waals surface area contributed by atoms with Gasteiger partial charge in [0.05, 0.1) is 0 Å². The zero-order valence-electron chi connectivity index (χ0n) is 10.1. The Labute approximate surface area is 96.3 Å². The number of rotatable bonds is 6. The summed E-state index contributed by atoms with van der Waals surface area (Å²) in [5, 5.41) is 13.5. The van der Waals surface area contributed by atoms with Gasteiger partial charge in [0.15, 0.2) is 0 Å². The first-order chi connectivity index (χ1) is 7.03. The lowest BCUT2D eigenvalue weighted by molar-refractivity contribution is 0.483. The normalized spacial score (nSPS) is 11.7. The molecule has 0 radical (unpaired) electrons. The van der Waals surface area contributed by atoms with Crippen LogP contribution in [0, 0.1) is 6.92 Å². The molecule has 0 aliphatic rings. The Bertz CT molecular complexity index is 294. The van der Waals surface area contributed by atoms with E-state index in [1.807, 2.05) is 6.92 Å². The van der Waals surface area contributed by atoms with Crippen molar-refractivity contribution in [1.29, 1.82) is 0 Å². The monoisotopic (exact) mass is 227 g/mol. The summed E-state index contributed by atoms with van der Waals surface area (Å²) in [5.41, 5.74) is 0.126.